The minimum Gasteiger partial charge on any atom is -0.333 e. The summed E-state index contributed by atoms with van der Waals surface area (Å²) in [5.74, 6) is -0.0225. The van der Waals surface area contributed by atoms with Crippen molar-refractivity contribution in [1.29, 1.82) is 0 Å². The van der Waals surface area contributed by atoms with Crippen LogP contribution < -0.4 is 0 Å². The number of nitrogens with zero attached hydrogens (tertiary/aromatic N) is 6. The molecule has 0 radical (unpaired) electrons. The first kappa shape index (κ1) is 15.8. The SMILES string of the molecule is O=C(c1cccc(Cl)c1)N1CCCn2nnc(Cn3ccnc3)c2C1. The number of fused-ring (bicyclic) bond motifs is 1. The molecule has 0 saturated carbocycles. The van der Waals surface area contributed by atoms with Crippen molar-refractivity contribution < 1.29 is 4.79 Å². The molecule has 2 aromatic heterocycles. The number of aromatic nitrogens is 5. The van der Waals surface area contributed by atoms with E-state index in [4.69, 9.17) is 11.6 Å². The summed E-state index contributed by atoms with van der Waals surface area (Å²) in [6.45, 7) is 2.52. The number of halogens is 1. The highest BCUT2D eigenvalue weighted by atomic mass is 35.5. The lowest BCUT2D eigenvalue weighted by molar-refractivity contribution is 0.0745. The van der Waals surface area contributed by atoms with Gasteiger partial charge in [0.25, 0.3) is 5.91 Å². The van der Waals surface area contributed by atoms with Gasteiger partial charge in [0.15, 0.2) is 0 Å². The number of hydrogen-bond donors (Lipinski definition) is 0. The van der Waals surface area contributed by atoms with Gasteiger partial charge in [-0.15, -0.1) is 5.10 Å². The van der Waals surface area contributed by atoms with E-state index < -0.39 is 0 Å². The number of hydrogen-bond acceptors (Lipinski definition) is 4. The molecule has 3 aromatic rings. The molecule has 0 saturated heterocycles. The Morgan fingerprint density at radius 1 is 1.28 bits per heavy atom. The van der Waals surface area contributed by atoms with Crippen LogP contribution in [0.3, 0.4) is 0 Å². The van der Waals surface area contributed by atoms with Crippen molar-refractivity contribution in [3.8, 4) is 0 Å². The van der Waals surface area contributed by atoms with Crippen LogP contribution >= 0.6 is 11.6 Å². The summed E-state index contributed by atoms with van der Waals surface area (Å²) in [6.07, 6.45) is 6.21. The molecule has 7 nitrogen and oxygen atoms in total. The van der Waals surface area contributed by atoms with Crippen LogP contribution in [-0.4, -0.2) is 41.9 Å². The fourth-order valence-corrected chi connectivity index (χ4v) is 3.24. The van der Waals surface area contributed by atoms with Crippen molar-refractivity contribution in [3.63, 3.8) is 0 Å². The maximum absolute atomic E-state index is 12.9. The lowest BCUT2D eigenvalue weighted by atomic mass is 10.2. The summed E-state index contributed by atoms with van der Waals surface area (Å²) in [5.41, 5.74) is 2.44. The van der Waals surface area contributed by atoms with Crippen LogP contribution in [0.25, 0.3) is 0 Å². The monoisotopic (exact) mass is 356 g/mol. The summed E-state index contributed by atoms with van der Waals surface area (Å²) >= 11 is 6.02. The molecular formula is C17H17ClN6O. The quantitative estimate of drug-likeness (QED) is 0.721. The Morgan fingerprint density at radius 2 is 2.20 bits per heavy atom. The second kappa shape index (κ2) is 6.68. The molecule has 4 rings (SSSR count). The van der Waals surface area contributed by atoms with Gasteiger partial charge >= 0.3 is 0 Å². The summed E-state index contributed by atoms with van der Waals surface area (Å²) in [4.78, 5) is 18.8. The summed E-state index contributed by atoms with van der Waals surface area (Å²) < 4.78 is 3.84. The van der Waals surface area contributed by atoms with E-state index in [2.05, 4.69) is 15.3 Å². The first-order valence-electron chi connectivity index (χ1n) is 8.12. The third-order valence-corrected chi connectivity index (χ3v) is 4.54. The number of rotatable bonds is 3. The molecule has 0 spiro atoms. The van der Waals surface area contributed by atoms with Crippen LogP contribution in [0.15, 0.2) is 43.0 Å². The van der Waals surface area contributed by atoms with Gasteiger partial charge in [0.1, 0.15) is 5.69 Å². The third-order valence-electron chi connectivity index (χ3n) is 4.31. The van der Waals surface area contributed by atoms with Crippen molar-refractivity contribution >= 4 is 17.5 Å². The Kier molecular flexibility index (Phi) is 4.23. The molecule has 128 valence electrons. The number of aryl methyl sites for hydroxylation is 1. The first-order valence-corrected chi connectivity index (χ1v) is 8.50. The number of carbonyl (C=O) groups is 1. The summed E-state index contributed by atoms with van der Waals surface area (Å²) in [5, 5.41) is 9.12. The van der Waals surface area contributed by atoms with Gasteiger partial charge in [0, 0.05) is 36.1 Å². The normalized spacial score (nSPS) is 14.2. The Bertz CT molecular complexity index is 888. The molecule has 0 unspecified atom stereocenters. The topological polar surface area (TPSA) is 68.8 Å². The number of amides is 1. The van der Waals surface area contributed by atoms with Gasteiger partial charge in [-0.1, -0.05) is 22.9 Å². The molecule has 3 heterocycles. The van der Waals surface area contributed by atoms with Crippen LogP contribution in [0, 0.1) is 0 Å². The van der Waals surface area contributed by atoms with Gasteiger partial charge < -0.3 is 9.47 Å². The highest BCUT2D eigenvalue weighted by molar-refractivity contribution is 6.30. The molecule has 1 aromatic carbocycles. The lowest BCUT2D eigenvalue weighted by Gasteiger charge is -2.20. The van der Waals surface area contributed by atoms with E-state index in [1.807, 2.05) is 20.3 Å². The van der Waals surface area contributed by atoms with E-state index in [1.165, 1.54) is 0 Å². The van der Waals surface area contributed by atoms with E-state index in [0.717, 1.165) is 24.4 Å². The van der Waals surface area contributed by atoms with E-state index in [0.29, 0.717) is 30.2 Å². The predicted octanol–water partition coefficient (Wildman–Crippen LogP) is 2.22. The van der Waals surface area contributed by atoms with E-state index in [9.17, 15) is 4.79 Å². The predicted molar refractivity (Wildman–Crippen MR) is 92.2 cm³/mol. The van der Waals surface area contributed by atoms with Crippen LogP contribution in [0.2, 0.25) is 5.02 Å². The van der Waals surface area contributed by atoms with Crippen molar-refractivity contribution in [2.24, 2.45) is 0 Å². The van der Waals surface area contributed by atoms with Gasteiger partial charge in [-0.2, -0.15) is 0 Å². The molecule has 1 aliphatic rings. The number of carbonyl (C=O) groups excluding carboxylic acids is 1. The lowest BCUT2D eigenvalue weighted by Crippen LogP contribution is -2.31. The summed E-state index contributed by atoms with van der Waals surface area (Å²) in [6, 6.07) is 7.06. The van der Waals surface area contributed by atoms with Gasteiger partial charge in [-0.05, 0) is 24.6 Å². The maximum atomic E-state index is 12.9. The van der Waals surface area contributed by atoms with E-state index >= 15 is 0 Å². The largest absolute Gasteiger partial charge is 0.333 e. The zero-order chi connectivity index (χ0) is 17.2. The minimum atomic E-state index is -0.0225. The van der Waals surface area contributed by atoms with Crippen LogP contribution in [-0.2, 0) is 19.6 Å². The molecule has 1 aliphatic heterocycles. The van der Waals surface area contributed by atoms with Crippen molar-refractivity contribution in [1.82, 2.24) is 29.4 Å². The average molecular weight is 357 g/mol. The van der Waals surface area contributed by atoms with E-state index in [-0.39, 0.29) is 5.91 Å². The molecule has 8 heteroatoms. The van der Waals surface area contributed by atoms with Gasteiger partial charge in [-0.3, -0.25) is 4.79 Å². The zero-order valence-electron chi connectivity index (χ0n) is 13.5. The molecule has 0 aliphatic carbocycles. The molecule has 0 atom stereocenters. The Balaban J connectivity index is 1.60. The molecule has 0 fully saturated rings. The molecule has 0 N–H and O–H groups in total. The van der Waals surface area contributed by atoms with Crippen molar-refractivity contribution in [2.45, 2.75) is 26.1 Å². The second-order valence-corrected chi connectivity index (χ2v) is 6.47. The van der Waals surface area contributed by atoms with E-state index in [1.54, 1.807) is 36.8 Å². The van der Waals surface area contributed by atoms with Gasteiger partial charge in [0.2, 0.25) is 0 Å². The van der Waals surface area contributed by atoms with Gasteiger partial charge in [-0.25, -0.2) is 9.67 Å². The molecule has 25 heavy (non-hydrogen) atoms. The molecular weight excluding hydrogens is 340 g/mol. The maximum Gasteiger partial charge on any atom is 0.254 e. The number of imidazole rings is 1. The first-order chi connectivity index (χ1) is 12.2. The average Bonchev–Trinajstić information content (AvgIpc) is 3.20. The smallest absolute Gasteiger partial charge is 0.254 e. The van der Waals surface area contributed by atoms with Crippen LogP contribution in [0.1, 0.15) is 28.2 Å². The number of benzene rings is 1. The summed E-state index contributed by atoms with van der Waals surface area (Å²) in [7, 11) is 0. The van der Waals surface area contributed by atoms with Crippen LogP contribution in [0.5, 0.6) is 0 Å². The zero-order valence-corrected chi connectivity index (χ0v) is 14.3. The Hall–Kier alpha value is -2.67. The third kappa shape index (κ3) is 3.28. The highest BCUT2D eigenvalue weighted by Crippen LogP contribution is 2.19. The van der Waals surface area contributed by atoms with Crippen molar-refractivity contribution in [3.05, 3.63) is 65.0 Å². The van der Waals surface area contributed by atoms with Crippen LogP contribution in [0.4, 0.5) is 0 Å². The standard InChI is InChI=1S/C17H17ClN6O/c18-14-4-1-3-13(9-14)17(25)23-6-2-7-24-16(11-23)15(20-21-24)10-22-8-5-19-12-22/h1,3-5,8-9,12H,2,6-7,10-11H2. The Morgan fingerprint density at radius 3 is 3.00 bits per heavy atom. The second-order valence-electron chi connectivity index (χ2n) is 6.03. The molecule has 1 amide bonds. The Labute approximate surface area is 149 Å². The van der Waals surface area contributed by atoms with Gasteiger partial charge in [0.05, 0.1) is 25.1 Å². The van der Waals surface area contributed by atoms with Crippen molar-refractivity contribution in [2.75, 3.05) is 6.54 Å². The highest BCUT2D eigenvalue weighted by Gasteiger charge is 2.24. The molecule has 0 bridgehead atoms. The fraction of sp³-hybridized carbons (Fsp3) is 0.294. The fourth-order valence-electron chi connectivity index (χ4n) is 3.05. The minimum absolute atomic E-state index is 0.0225.